The van der Waals surface area contributed by atoms with Gasteiger partial charge < -0.3 is 19.7 Å². The molecule has 0 bridgehead atoms. The van der Waals surface area contributed by atoms with E-state index in [1.807, 2.05) is 44.4 Å². The van der Waals surface area contributed by atoms with Crippen molar-refractivity contribution >= 4 is 17.5 Å². The molecule has 0 aliphatic carbocycles. The predicted octanol–water partition coefficient (Wildman–Crippen LogP) is 3.57. The van der Waals surface area contributed by atoms with E-state index in [1.54, 1.807) is 31.4 Å². The van der Waals surface area contributed by atoms with Crippen molar-refractivity contribution in [1.82, 2.24) is 4.90 Å². The van der Waals surface area contributed by atoms with Crippen LogP contribution < -0.4 is 14.8 Å². The zero-order valence-corrected chi connectivity index (χ0v) is 15.8. The standard InChI is InChI=1S/C21H26N2O3/c1-23(2)13-12-22-17-7-5-6-16(14-17)8-11-20(24)19-10-9-18(25-3)15-21(19)26-4/h5-11,14-15,22H,12-13H2,1-4H3. The van der Waals surface area contributed by atoms with E-state index in [4.69, 9.17) is 9.47 Å². The van der Waals surface area contributed by atoms with E-state index in [0.29, 0.717) is 17.1 Å². The number of methoxy groups -OCH3 is 2. The first kappa shape index (κ1) is 19.5. The van der Waals surface area contributed by atoms with Crippen molar-refractivity contribution < 1.29 is 14.3 Å². The molecule has 0 aromatic heterocycles. The number of likely N-dealkylation sites (N-methyl/N-ethyl adjacent to an activating group) is 1. The van der Waals surface area contributed by atoms with Gasteiger partial charge in [0.1, 0.15) is 11.5 Å². The maximum atomic E-state index is 12.5. The summed E-state index contributed by atoms with van der Waals surface area (Å²) in [5, 5.41) is 3.37. The van der Waals surface area contributed by atoms with Crippen LogP contribution in [0.5, 0.6) is 11.5 Å². The van der Waals surface area contributed by atoms with Gasteiger partial charge in [-0.2, -0.15) is 0 Å². The SMILES string of the molecule is COc1ccc(C(=O)C=Cc2cccc(NCCN(C)C)c2)c(OC)c1. The number of carbonyl (C=O) groups is 1. The Morgan fingerprint density at radius 3 is 2.62 bits per heavy atom. The van der Waals surface area contributed by atoms with Crippen molar-refractivity contribution in [2.75, 3.05) is 46.7 Å². The minimum absolute atomic E-state index is 0.115. The van der Waals surface area contributed by atoms with Crippen molar-refractivity contribution in [2.45, 2.75) is 0 Å². The average molecular weight is 354 g/mol. The molecule has 0 aliphatic heterocycles. The van der Waals surface area contributed by atoms with E-state index in [1.165, 1.54) is 7.11 Å². The monoisotopic (exact) mass is 354 g/mol. The van der Waals surface area contributed by atoms with Crippen molar-refractivity contribution in [3.8, 4) is 11.5 Å². The minimum atomic E-state index is -0.115. The van der Waals surface area contributed by atoms with E-state index >= 15 is 0 Å². The normalized spacial score (nSPS) is 11.0. The van der Waals surface area contributed by atoms with E-state index < -0.39 is 0 Å². The van der Waals surface area contributed by atoms with Crippen molar-refractivity contribution in [2.24, 2.45) is 0 Å². The number of nitrogens with zero attached hydrogens (tertiary/aromatic N) is 1. The number of anilines is 1. The number of carbonyl (C=O) groups excluding carboxylic acids is 1. The maximum Gasteiger partial charge on any atom is 0.189 e. The molecule has 1 N–H and O–H groups in total. The zero-order chi connectivity index (χ0) is 18.9. The lowest BCUT2D eigenvalue weighted by atomic mass is 10.1. The van der Waals surface area contributed by atoms with Crippen LogP contribution in [-0.2, 0) is 0 Å². The number of hydrogen-bond acceptors (Lipinski definition) is 5. The Kier molecular flexibility index (Phi) is 7.24. The second kappa shape index (κ2) is 9.63. The molecular weight excluding hydrogens is 328 g/mol. The highest BCUT2D eigenvalue weighted by Crippen LogP contribution is 2.25. The Labute approximate surface area is 155 Å². The van der Waals surface area contributed by atoms with E-state index in [-0.39, 0.29) is 5.78 Å². The number of rotatable bonds is 9. The van der Waals surface area contributed by atoms with Gasteiger partial charge in [0, 0.05) is 24.8 Å². The van der Waals surface area contributed by atoms with Crippen LogP contribution in [-0.4, -0.2) is 52.1 Å². The molecule has 0 heterocycles. The molecule has 0 aliphatic rings. The second-order valence-corrected chi connectivity index (χ2v) is 6.12. The molecule has 0 fully saturated rings. The summed E-state index contributed by atoms with van der Waals surface area (Å²) in [6.45, 7) is 1.82. The molecule has 5 nitrogen and oxygen atoms in total. The molecule has 26 heavy (non-hydrogen) atoms. The van der Waals surface area contributed by atoms with Gasteiger partial charge in [0.25, 0.3) is 0 Å². The third-order valence-corrected chi connectivity index (χ3v) is 3.88. The highest BCUT2D eigenvalue weighted by Gasteiger charge is 2.10. The van der Waals surface area contributed by atoms with Crippen LogP contribution in [0, 0.1) is 0 Å². The van der Waals surface area contributed by atoms with Gasteiger partial charge in [-0.05, 0) is 50.0 Å². The van der Waals surface area contributed by atoms with Crippen LogP contribution in [0.4, 0.5) is 5.69 Å². The number of nitrogens with one attached hydrogen (secondary N) is 1. The lowest BCUT2D eigenvalue weighted by Gasteiger charge is -2.11. The molecular formula is C21H26N2O3. The molecule has 5 heteroatoms. The number of ketones is 1. The first-order valence-corrected chi connectivity index (χ1v) is 8.46. The van der Waals surface area contributed by atoms with Gasteiger partial charge in [0.05, 0.1) is 19.8 Å². The van der Waals surface area contributed by atoms with Crippen LogP contribution in [0.1, 0.15) is 15.9 Å². The summed E-state index contributed by atoms with van der Waals surface area (Å²) in [7, 11) is 7.20. The third kappa shape index (κ3) is 5.63. The molecule has 0 atom stereocenters. The van der Waals surface area contributed by atoms with Gasteiger partial charge in [0.2, 0.25) is 0 Å². The average Bonchev–Trinajstić information content (AvgIpc) is 2.65. The topological polar surface area (TPSA) is 50.8 Å². The Hall–Kier alpha value is -2.79. The molecule has 138 valence electrons. The van der Waals surface area contributed by atoms with Crippen molar-refractivity contribution in [3.05, 3.63) is 59.7 Å². The summed E-state index contributed by atoms with van der Waals surface area (Å²) in [5.41, 5.74) is 2.49. The van der Waals surface area contributed by atoms with Crippen LogP contribution in [0.25, 0.3) is 6.08 Å². The minimum Gasteiger partial charge on any atom is -0.497 e. The van der Waals surface area contributed by atoms with E-state index in [9.17, 15) is 4.79 Å². The Morgan fingerprint density at radius 1 is 1.12 bits per heavy atom. The van der Waals surface area contributed by atoms with Crippen molar-refractivity contribution in [1.29, 1.82) is 0 Å². The van der Waals surface area contributed by atoms with Crippen LogP contribution in [0.15, 0.2) is 48.5 Å². The fourth-order valence-electron chi connectivity index (χ4n) is 2.44. The lowest BCUT2D eigenvalue weighted by molar-refractivity contribution is 0.104. The largest absolute Gasteiger partial charge is 0.497 e. The maximum absolute atomic E-state index is 12.5. The summed E-state index contributed by atoms with van der Waals surface area (Å²) >= 11 is 0. The molecule has 0 saturated heterocycles. The molecule has 2 aromatic rings. The highest BCUT2D eigenvalue weighted by molar-refractivity contribution is 6.08. The van der Waals surface area contributed by atoms with Gasteiger partial charge >= 0.3 is 0 Å². The predicted molar refractivity (Wildman–Crippen MR) is 106 cm³/mol. The first-order valence-electron chi connectivity index (χ1n) is 8.46. The zero-order valence-electron chi connectivity index (χ0n) is 15.8. The summed E-state index contributed by atoms with van der Waals surface area (Å²) in [5.74, 6) is 1.03. The van der Waals surface area contributed by atoms with Gasteiger partial charge in [-0.25, -0.2) is 0 Å². The number of allylic oxidation sites excluding steroid dienone is 1. The Balaban J connectivity index is 2.08. The molecule has 0 amide bonds. The summed E-state index contributed by atoms with van der Waals surface area (Å²) in [6.07, 6.45) is 3.37. The molecule has 0 spiro atoms. The van der Waals surface area contributed by atoms with E-state index in [0.717, 1.165) is 24.3 Å². The molecule has 0 radical (unpaired) electrons. The number of hydrogen-bond donors (Lipinski definition) is 1. The van der Waals surface area contributed by atoms with Crippen LogP contribution in [0.3, 0.4) is 0 Å². The lowest BCUT2D eigenvalue weighted by Crippen LogP contribution is -2.20. The fraction of sp³-hybridized carbons (Fsp3) is 0.286. The Bertz CT molecular complexity index is 770. The summed E-state index contributed by atoms with van der Waals surface area (Å²) in [6, 6.07) is 13.1. The third-order valence-electron chi connectivity index (χ3n) is 3.88. The van der Waals surface area contributed by atoms with E-state index in [2.05, 4.69) is 10.2 Å². The molecule has 2 rings (SSSR count). The highest BCUT2D eigenvalue weighted by atomic mass is 16.5. The molecule has 0 saturated carbocycles. The van der Waals surface area contributed by atoms with Crippen molar-refractivity contribution in [3.63, 3.8) is 0 Å². The summed E-state index contributed by atoms with van der Waals surface area (Å²) in [4.78, 5) is 14.6. The quantitative estimate of drug-likeness (QED) is 0.551. The molecule has 0 unspecified atom stereocenters. The van der Waals surface area contributed by atoms with Crippen LogP contribution >= 0.6 is 0 Å². The van der Waals surface area contributed by atoms with Gasteiger partial charge in [-0.1, -0.05) is 18.2 Å². The van der Waals surface area contributed by atoms with Gasteiger partial charge in [-0.15, -0.1) is 0 Å². The molecule has 2 aromatic carbocycles. The van der Waals surface area contributed by atoms with Crippen LogP contribution in [0.2, 0.25) is 0 Å². The Morgan fingerprint density at radius 2 is 1.92 bits per heavy atom. The van der Waals surface area contributed by atoms with Gasteiger partial charge in [-0.3, -0.25) is 4.79 Å². The first-order chi connectivity index (χ1) is 12.5. The number of ether oxygens (including phenoxy) is 2. The van der Waals surface area contributed by atoms with Gasteiger partial charge in [0.15, 0.2) is 5.78 Å². The second-order valence-electron chi connectivity index (χ2n) is 6.12. The fourth-order valence-corrected chi connectivity index (χ4v) is 2.44. The summed E-state index contributed by atoms with van der Waals surface area (Å²) < 4.78 is 10.5. The smallest absolute Gasteiger partial charge is 0.189 e. The number of benzene rings is 2.